The number of hydrogen-bond acceptors (Lipinski definition) is 5. The molecule has 2 aromatic heterocycles. The van der Waals surface area contributed by atoms with E-state index in [2.05, 4.69) is 15.5 Å². The summed E-state index contributed by atoms with van der Waals surface area (Å²) in [5.74, 6) is -0.0160. The van der Waals surface area contributed by atoms with Crippen LogP contribution >= 0.6 is 0 Å². The van der Waals surface area contributed by atoms with Gasteiger partial charge in [-0.25, -0.2) is 4.98 Å². The summed E-state index contributed by atoms with van der Waals surface area (Å²) < 4.78 is 5.32. The van der Waals surface area contributed by atoms with Gasteiger partial charge in [-0.1, -0.05) is 19.0 Å². The molecule has 1 saturated heterocycles. The number of rotatable bonds is 4. The Morgan fingerprint density at radius 2 is 2.08 bits per heavy atom. The van der Waals surface area contributed by atoms with Gasteiger partial charge in [0.2, 0.25) is 5.91 Å². The maximum atomic E-state index is 13.4. The number of aryl methyl sites for hydroxylation is 1. The lowest BCUT2D eigenvalue weighted by Crippen LogP contribution is -2.46. The third-order valence-corrected chi connectivity index (χ3v) is 5.20. The number of carbonyl (C=O) groups excluding carboxylic acids is 2. The molecule has 7 heteroatoms. The second-order valence-corrected chi connectivity index (χ2v) is 7.64. The molecule has 26 heavy (non-hydrogen) atoms. The molecule has 0 radical (unpaired) electrons. The van der Waals surface area contributed by atoms with Crippen LogP contribution in [0.15, 0.2) is 10.6 Å². The molecule has 1 N–H and O–H groups in total. The van der Waals surface area contributed by atoms with Crippen LogP contribution < -0.4 is 5.32 Å². The molecule has 0 bridgehead atoms. The second-order valence-electron chi connectivity index (χ2n) is 7.64. The van der Waals surface area contributed by atoms with E-state index in [0.29, 0.717) is 41.4 Å². The van der Waals surface area contributed by atoms with Gasteiger partial charge in [-0.2, -0.15) is 0 Å². The molecule has 4 rings (SSSR count). The zero-order valence-corrected chi connectivity index (χ0v) is 15.4. The van der Waals surface area contributed by atoms with Crippen molar-refractivity contribution in [2.45, 2.75) is 64.5 Å². The summed E-state index contributed by atoms with van der Waals surface area (Å²) in [5.41, 5.74) is 2.35. The number of aromatic nitrogens is 2. The van der Waals surface area contributed by atoms with Crippen LogP contribution in [-0.2, 0) is 4.79 Å². The quantitative estimate of drug-likeness (QED) is 0.909. The van der Waals surface area contributed by atoms with Gasteiger partial charge in [0.15, 0.2) is 0 Å². The monoisotopic (exact) mass is 356 g/mol. The highest BCUT2D eigenvalue weighted by Gasteiger charge is 2.37. The van der Waals surface area contributed by atoms with Gasteiger partial charge in [-0.3, -0.25) is 9.59 Å². The van der Waals surface area contributed by atoms with E-state index in [0.717, 1.165) is 25.0 Å². The number of carbonyl (C=O) groups is 2. The first kappa shape index (κ1) is 17.0. The Hall–Kier alpha value is -2.44. The van der Waals surface area contributed by atoms with Crippen molar-refractivity contribution in [3.63, 3.8) is 0 Å². The fourth-order valence-electron chi connectivity index (χ4n) is 3.54. The Kier molecular flexibility index (Phi) is 4.17. The van der Waals surface area contributed by atoms with Crippen LogP contribution in [-0.4, -0.2) is 45.5 Å². The summed E-state index contributed by atoms with van der Waals surface area (Å²) in [6.07, 6.45) is 3.62. The van der Waals surface area contributed by atoms with E-state index in [9.17, 15) is 9.59 Å². The minimum atomic E-state index is -0.394. The Bertz CT molecular complexity index is 869. The smallest absolute Gasteiger partial charge is 0.259 e. The highest BCUT2D eigenvalue weighted by Crippen LogP contribution is 2.29. The van der Waals surface area contributed by atoms with Crippen molar-refractivity contribution in [1.29, 1.82) is 0 Å². The molecule has 1 aliphatic heterocycles. The molecule has 3 heterocycles. The van der Waals surface area contributed by atoms with Crippen LogP contribution in [0.1, 0.15) is 67.2 Å². The summed E-state index contributed by atoms with van der Waals surface area (Å²) >= 11 is 0. The Balaban J connectivity index is 1.70. The second kappa shape index (κ2) is 6.37. The minimum absolute atomic E-state index is 0.0326. The molecule has 2 fully saturated rings. The van der Waals surface area contributed by atoms with Crippen molar-refractivity contribution in [1.82, 2.24) is 20.4 Å². The number of hydrogen-bond donors (Lipinski definition) is 1. The first-order chi connectivity index (χ1) is 12.5. The number of amides is 2. The lowest BCUT2D eigenvalue weighted by molar-refractivity contribution is -0.125. The highest BCUT2D eigenvalue weighted by atomic mass is 16.5. The molecule has 1 unspecified atom stereocenters. The predicted molar refractivity (Wildman–Crippen MR) is 95.9 cm³/mol. The van der Waals surface area contributed by atoms with Gasteiger partial charge in [-0.15, -0.1) is 0 Å². The number of nitrogens with one attached hydrogen (secondary N) is 1. The fourth-order valence-corrected chi connectivity index (χ4v) is 3.54. The average Bonchev–Trinajstić information content (AvgIpc) is 3.15. The fraction of sp³-hybridized carbons (Fsp3) is 0.579. The summed E-state index contributed by atoms with van der Waals surface area (Å²) in [5, 5.41) is 7.66. The van der Waals surface area contributed by atoms with Crippen LogP contribution in [0.3, 0.4) is 0 Å². The normalized spacial score (nSPS) is 20.2. The third kappa shape index (κ3) is 2.95. The van der Waals surface area contributed by atoms with Crippen LogP contribution in [0.4, 0.5) is 0 Å². The molecule has 7 nitrogen and oxygen atoms in total. The lowest BCUT2D eigenvalue weighted by Gasteiger charge is -2.24. The van der Waals surface area contributed by atoms with Gasteiger partial charge < -0.3 is 14.7 Å². The number of nitrogens with zero attached hydrogens (tertiary/aromatic N) is 3. The van der Waals surface area contributed by atoms with Crippen molar-refractivity contribution < 1.29 is 14.1 Å². The van der Waals surface area contributed by atoms with Gasteiger partial charge in [0.05, 0.1) is 16.6 Å². The maximum Gasteiger partial charge on any atom is 0.259 e. The Morgan fingerprint density at radius 1 is 1.31 bits per heavy atom. The predicted octanol–water partition coefficient (Wildman–Crippen LogP) is 2.54. The van der Waals surface area contributed by atoms with E-state index >= 15 is 0 Å². The zero-order chi connectivity index (χ0) is 18.4. The number of likely N-dealkylation sites (tertiary alicyclic amines) is 1. The molecular weight excluding hydrogens is 332 g/mol. The molecule has 2 aliphatic rings. The molecule has 2 amide bonds. The van der Waals surface area contributed by atoms with Crippen molar-refractivity contribution in [3.8, 4) is 0 Å². The van der Waals surface area contributed by atoms with Crippen LogP contribution in [0.5, 0.6) is 0 Å². The molecule has 1 aliphatic carbocycles. The van der Waals surface area contributed by atoms with Crippen molar-refractivity contribution in [2.75, 3.05) is 6.54 Å². The van der Waals surface area contributed by atoms with Gasteiger partial charge in [0, 0.05) is 18.3 Å². The highest BCUT2D eigenvalue weighted by molar-refractivity contribution is 6.07. The van der Waals surface area contributed by atoms with Gasteiger partial charge in [-0.05, 0) is 44.6 Å². The van der Waals surface area contributed by atoms with Gasteiger partial charge in [0.1, 0.15) is 6.04 Å². The SMILES string of the molecule is Cc1noc2nc(C(C)C)cc(C(=O)N3CCCC3C(=O)NC3CC3)c12. The molecule has 1 saturated carbocycles. The summed E-state index contributed by atoms with van der Waals surface area (Å²) in [4.78, 5) is 32.1. The maximum absolute atomic E-state index is 13.4. The van der Waals surface area contributed by atoms with Crippen molar-refractivity contribution in [2.24, 2.45) is 0 Å². The summed E-state index contributed by atoms with van der Waals surface area (Å²) in [7, 11) is 0. The first-order valence-electron chi connectivity index (χ1n) is 9.34. The first-order valence-corrected chi connectivity index (χ1v) is 9.34. The number of pyridine rings is 1. The lowest BCUT2D eigenvalue weighted by atomic mass is 10.0. The zero-order valence-electron chi connectivity index (χ0n) is 15.4. The van der Waals surface area contributed by atoms with Crippen LogP contribution in [0.2, 0.25) is 0 Å². The van der Waals surface area contributed by atoms with E-state index in [4.69, 9.17) is 4.52 Å². The Labute approximate surface area is 152 Å². The summed E-state index contributed by atoms with van der Waals surface area (Å²) in [6, 6.07) is 1.72. The summed E-state index contributed by atoms with van der Waals surface area (Å²) in [6.45, 7) is 6.44. The van der Waals surface area contributed by atoms with E-state index < -0.39 is 6.04 Å². The molecule has 0 aromatic carbocycles. The van der Waals surface area contributed by atoms with Crippen LogP contribution in [0.25, 0.3) is 11.1 Å². The van der Waals surface area contributed by atoms with Crippen LogP contribution in [0, 0.1) is 6.92 Å². The third-order valence-electron chi connectivity index (χ3n) is 5.20. The average molecular weight is 356 g/mol. The van der Waals surface area contributed by atoms with Gasteiger partial charge >= 0.3 is 0 Å². The largest absolute Gasteiger partial charge is 0.352 e. The molecule has 138 valence electrons. The molecule has 0 spiro atoms. The van der Waals surface area contributed by atoms with E-state index in [1.54, 1.807) is 11.8 Å². The Morgan fingerprint density at radius 3 is 2.77 bits per heavy atom. The van der Waals surface area contributed by atoms with Crippen molar-refractivity contribution >= 4 is 22.9 Å². The topological polar surface area (TPSA) is 88.3 Å². The molecular formula is C19H24N4O3. The van der Waals surface area contributed by atoms with Crippen molar-refractivity contribution in [3.05, 3.63) is 23.0 Å². The molecule has 2 aromatic rings. The van der Waals surface area contributed by atoms with E-state index in [-0.39, 0.29) is 17.7 Å². The standard InChI is InChI=1S/C19H24N4O3/c1-10(2)14-9-13(16-11(3)22-26-18(16)21-14)19(25)23-8-4-5-15(23)17(24)20-12-6-7-12/h9-10,12,15H,4-8H2,1-3H3,(H,20,24). The minimum Gasteiger partial charge on any atom is -0.352 e. The van der Waals surface area contributed by atoms with E-state index in [1.807, 2.05) is 19.9 Å². The van der Waals surface area contributed by atoms with Gasteiger partial charge in [0.25, 0.3) is 11.6 Å². The molecule has 1 atom stereocenters. The van der Waals surface area contributed by atoms with E-state index in [1.165, 1.54) is 0 Å². The number of fused-ring (bicyclic) bond motifs is 1.